The Morgan fingerprint density at radius 2 is 1.97 bits per heavy atom. The molecule has 1 aliphatic heterocycles. The van der Waals surface area contributed by atoms with Crippen molar-refractivity contribution in [2.75, 3.05) is 39.5 Å². The van der Waals surface area contributed by atoms with Gasteiger partial charge in [-0.3, -0.25) is 9.69 Å². The van der Waals surface area contributed by atoms with E-state index in [4.69, 9.17) is 25.6 Å². The average molecular weight is 482 g/mol. The monoisotopic (exact) mass is 481 g/mol. The molecule has 4 aromatic rings. The lowest BCUT2D eigenvalue weighted by Gasteiger charge is -2.26. The quantitative estimate of drug-likeness (QED) is 0.376. The fourth-order valence-corrected chi connectivity index (χ4v) is 4.37. The Labute approximate surface area is 201 Å². The number of benzene rings is 2. The van der Waals surface area contributed by atoms with E-state index >= 15 is 0 Å². The second-order valence-electron chi connectivity index (χ2n) is 8.21. The molecule has 1 fully saturated rings. The Kier molecular flexibility index (Phi) is 6.28. The molecule has 0 spiro atoms. The summed E-state index contributed by atoms with van der Waals surface area (Å²) >= 11 is 6.55. The smallest absolute Gasteiger partial charge is 0.237 e. The molecule has 2 aromatic heterocycles. The zero-order chi connectivity index (χ0) is 23.7. The Morgan fingerprint density at radius 3 is 2.68 bits per heavy atom. The number of nitrogens with zero attached hydrogens (tertiary/aromatic N) is 2. The summed E-state index contributed by atoms with van der Waals surface area (Å²) in [5.74, 6) is 0.127. The molecule has 2 N–H and O–H groups in total. The molecule has 0 atom stereocenters. The molecule has 9 heteroatoms. The minimum atomic E-state index is -0.457. The average Bonchev–Trinajstić information content (AvgIpc) is 3.41. The molecular weight excluding hydrogens is 458 g/mol. The van der Waals surface area contributed by atoms with Gasteiger partial charge in [-0.2, -0.15) is 0 Å². The fraction of sp³-hybridized carbons (Fsp3) is 0.280. The third-order valence-electron chi connectivity index (χ3n) is 5.89. The van der Waals surface area contributed by atoms with E-state index < -0.39 is 5.78 Å². The Balaban J connectivity index is 1.37. The van der Waals surface area contributed by atoms with E-state index in [0.29, 0.717) is 28.2 Å². The zero-order valence-electron chi connectivity index (χ0n) is 18.6. The maximum absolute atomic E-state index is 13.0. The molecule has 1 saturated heterocycles. The van der Waals surface area contributed by atoms with Crippen LogP contribution in [-0.4, -0.2) is 65.4 Å². The summed E-state index contributed by atoms with van der Waals surface area (Å²) in [6, 6.07) is 12.7. The number of ketones is 1. The highest BCUT2D eigenvalue weighted by atomic mass is 35.5. The number of hydrogen-bond acceptors (Lipinski definition) is 7. The number of carbonyl (C=O) groups is 1. The molecule has 5 rings (SSSR count). The second kappa shape index (κ2) is 9.50. The van der Waals surface area contributed by atoms with E-state index in [9.17, 15) is 9.90 Å². The van der Waals surface area contributed by atoms with Crippen LogP contribution < -0.4 is 4.74 Å². The molecule has 34 heavy (non-hydrogen) atoms. The minimum Gasteiger partial charge on any atom is -0.494 e. The maximum Gasteiger partial charge on any atom is 0.237 e. The second-order valence-corrected chi connectivity index (χ2v) is 8.62. The first-order valence-electron chi connectivity index (χ1n) is 11.0. The molecule has 1 aliphatic rings. The number of H-pyrrole nitrogens is 1. The Morgan fingerprint density at radius 1 is 1.21 bits per heavy atom. The fourth-order valence-electron chi connectivity index (χ4n) is 4.09. The van der Waals surface area contributed by atoms with Crippen LogP contribution in [0.1, 0.15) is 21.8 Å². The van der Waals surface area contributed by atoms with Crippen molar-refractivity contribution in [3.63, 3.8) is 0 Å². The van der Waals surface area contributed by atoms with Crippen molar-refractivity contribution >= 4 is 28.3 Å². The maximum atomic E-state index is 13.0. The number of carbonyl (C=O) groups excluding carboxylic acids is 1. The molecule has 0 unspecified atom stereocenters. The number of aryl methyl sites for hydroxylation is 1. The van der Waals surface area contributed by atoms with E-state index in [1.165, 1.54) is 6.07 Å². The summed E-state index contributed by atoms with van der Waals surface area (Å²) < 4.78 is 16.4. The number of aromatic hydroxyl groups is 1. The van der Waals surface area contributed by atoms with Gasteiger partial charge in [-0.25, -0.2) is 0 Å². The molecule has 176 valence electrons. The minimum absolute atomic E-state index is 0.0591. The van der Waals surface area contributed by atoms with E-state index in [-0.39, 0.29) is 17.2 Å². The van der Waals surface area contributed by atoms with Gasteiger partial charge in [0.25, 0.3) is 0 Å². The summed E-state index contributed by atoms with van der Waals surface area (Å²) in [7, 11) is 0. The summed E-state index contributed by atoms with van der Waals surface area (Å²) in [5.41, 5.74) is 2.84. The summed E-state index contributed by atoms with van der Waals surface area (Å²) in [4.78, 5) is 18.1. The number of aromatic nitrogens is 2. The van der Waals surface area contributed by atoms with E-state index in [2.05, 4.69) is 15.0 Å². The summed E-state index contributed by atoms with van der Waals surface area (Å²) in [6.45, 7) is 6.57. The van der Waals surface area contributed by atoms with Crippen LogP contribution in [0.15, 0.2) is 47.0 Å². The van der Waals surface area contributed by atoms with Crippen LogP contribution in [-0.2, 0) is 4.74 Å². The van der Waals surface area contributed by atoms with Gasteiger partial charge in [-0.05, 0) is 36.8 Å². The van der Waals surface area contributed by atoms with E-state index in [0.717, 1.165) is 49.7 Å². The van der Waals surface area contributed by atoms with Crippen LogP contribution in [0.2, 0.25) is 5.02 Å². The summed E-state index contributed by atoms with van der Waals surface area (Å²) in [5, 5.41) is 15.2. The van der Waals surface area contributed by atoms with E-state index in [1.807, 2.05) is 24.3 Å². The first-order valence-corrected chi connectivity index (χ1v) is 11.4. The van der Waals surface area contributed by atoms with Gasteiger partial charge in [0.1, 0.15) is 12.4 Å². The molecule has 8 nitrogen and oxygen atoms in total. The Bertz CT molecular complexity index is 1320. The van der Waals surface area contributed by atoms with Gasteiger partial charge in [-0.1, -0.05) is 28.9 Å². The molecule has 3 heterocycles. The van der Waals surface area contributed by atoms with Gasteiger partial charge >= 0.3 is 0 Å². The van der Waals surface area contributed by atoms with Gasteiger partial charge in [0, 0.05) is 36.7 Å². The normalized spacial score (nSPS) is 14.5. The number of fused-ring (bicyclic) bond motifs is 1. The highest BCUT2D eigenvalue weighted by molar-refractivity contribution is 6.34. The predicted octanol–water partition coefficient (Wildman–Crippen LogP) is 4.43. The molecule has 0 bridgehead atoms. The number of ether oxygens (including phenoxy) is 2. The van der Waals surface area contributed by atoms with Crippen molar-refractivity contribution < 1.29 is 23.9 Å². The molecule has 0 saturated carbocycles. The van der Waals surface area contributed by atoms with Crippen LogP contribution in [0.5, 0.6) is 11.6 Å². The molecular formula is C25H24ClN3O5. The number of morpholine rings is 1. The van der Waals surface area contributed by atoms with Gasteiger partial charge in [0.15, 0.2) is 0 Å². The Hall–Kier alpha value is -3.33. The van der Waals surface area contributed by atoms with Gasteiger partial charge in [-0.15, -0.1) is 0 Å². The van der Waals surface area contributed by atoms with Gasteiger partial charge < -0.3 is 24.1 Å². The van der Waals surface area contributed by atoms with Crippen LogP contribution in [0.4, 0.5) is 0 Å². The van der Waals surface area contributed by atoms with Crippen molar-refractivity contribution in [3.05, 3.63) is 64.5 Å². The lowest BCUT2D eigenvalue weighted by Crippen LogP contribution is -2.38. The first-order chi connectivity index (χ1) is 16.5. The number of aromatic amines is 1. The topological polar surface area (TPSA) is 101 Å². The van der Waals surface area contributed by atoms with Crippen molar-refractivity contribution in [3.8, 4) is 22.8 Å². The molecule has 2 aromatic carbocycles. The van der Waals surface area contributed by atoms with Crippen molar-refractivity contribution in [1.82, 2.24) is 15.0 Å². The van der Waals surface area contributed by atoms with Crippen molar-refractivity contribution in [1.29, 1.82) is 0 Å². The zero-order valence-corrected chi connectivity index (χ0v) is 19.4. The van der Waals surface area contributed by atoms with Crippen molar-refractivity contribution in [2.45, 2.75) is 6.92 Å². The summed E-state index contributed by atoms with van der Waals surface area (Å²) in [6.07, 6.45) is 0. The van der Waals surface area contributed by atoms with Gasteiger partial charge in [0.2, 0.25) is 17.4 Å². The standard InChI is InChI=1S/C25H24ClN3O5/c1-15-12-22(34-28-15)24(30)23-19-13-18(20(26)14-21(19)27-25(23)31)16-2-4-17(5-3-16)33-11-8-29-6-9-32-10-7-29/h2-5,12-14,27,31H,6-11H2,1H3. The largest absolute Gasteiger partial charge is 0.494 e. The number of rotatable bonds is 7. The molecule has 0 radical (unpaired) electrons. The van der Waals surface area contributed by atoms with Crippen LogP contribution in [0, 0.1) is 6.92 Å². The SMILES string of the molecule is Cc1cc(C(=O)c2c(O)[nH]c3cc(Cl)c(-c4ccc(OCCN5CCOCC5)cc4)cc23)on1. The van der Waals surface area contributed by atoms with Crippen molar-refractivity contribution in [2.24, 2.45) is 0 Å². The van der Waals surface area contributed by atoms with Gasteiger partial charge in [0.05, 0.1) is 35.0 Å². The number of nitrogens with one attached hydrogen (secondary N) is 1. The third-order valence-corrected chi connectivity index (χ3v) is 6.20. The van der Waals surface area contributed by atoms with Crippen LogP contribution in [0.3, 0.4) is 0 Å². The highest BCUT2D eigenvalue weighted by Crippen LogP contribution is 2.37. The lowest BCUT2D eigenvalue weighted by atomic mass is 10.0. The molecule has 0 amide bonds. The van der Waals surface area contributed by atoms with E-state index in [1.54, 1.807) is 19.1 Å². The predicted molar refractivity (Wildman–Crippen MR) is 128 cm³/mol. The van der Waals surface area contributed by atoms with Crippen LogP contribution >= 0.6 is 11.6 Å². The third kappa shape index (κ3) is 4.52. The highest BCUT2D eigenvalue weighted by Gasteiger charge is 2.24. The lowest BCUT2D eigenvalue weighted by molar-refractivity contribution is 0.0322. The van der Waals surface area contributed by atoms with Crippen LogP contribution in [0.25, 0.3) is 22.0 Å². The number of hydrogen-bond donors (Lipinski definition) is 2. The number of halogens is 1. The first kappa shape index (κ1) is 22.5. The molecule has 0 aliphatic carbocycles.